The molecule has 0 aliphatic heterocycles. The van der Waals surface area contributed by atoms with Crippen LogP contribution in [0.15, 0.2) is 35.9 Å². The largest absolute Gasteiger partial charge is 0.466 e. The van der Waals surface area contributed by atoms with Crippen LogP contribution in [0.3, 0.4) is 0 Å². The van der Waals surface area contributed by atoms with Gasteiger partial charge in [-0.15, -0.1) is 0 Å². The van der Waals surface area contributed by atoms with E-state index >= 15 is 0 Å². The SMILES string of the molecule is COC(=O)/C(=C/c1ccccc1)CS(=O)O. The Morgan fingerprint density at radius 3 is 2.56 bits per heavy atom. The second kappa shape index (κ2) is 6.19. The molecule has 0 fully saturated rings. The molecule has 0 radical (unpaired) electrons. The molecule has 0 spiro atoms. The maximum absolute atomic E-state index is 11.3. The zero-order valence-corrected chi connectivity index (χ0v) is 9.57. The topological polar surface area (TPSA) is 63.6 Å². The van der Waals surface area contributed by atoms with Crippen LogP contribution in [0.4, 0.5) is 0 Å². The Morgan fingerprint density at radius 1 is 1.44 bits per heavy atom. The number of carbonyl (C=O) groups excluding carboxylic acids is 1. The molecule has 1 unspecified atom stereocenters. The van der Waals surface area contributed by atoms with Crippen molar-refractivity contribution in [2.24, 2.45) is 0 Å². The molecule has 0 heterocycles. The van der Waals surface area contributed by atoms with Crippen LogP contribution in [-0.4, -0.2) is 27.6 Å². The lowest BCUT2D eigenvalue weighted by Crippen LogP contribution is -2.11. The number of rotatable bonds is 4. The standard InChI is InChI=1S/C11H12O4S/c1-15-11(12)10(8-16(13)14)7-9-5-3-2-4-6-9/h2-7H,8H2,1H3,(H,13,14)/b10-7+. The predicted molar refractivity (Wildman–Crippen MR) is 62.1 cm³/mol. The van der Waals surface area contributed by atoms with Crippen LogP contribution in [0, 0.1) is 0 Å². The van der Waals surface area contributed by atoms with Crippen LogP contribution in [0.5, 0.6) is 0 Å². The van der Waals surface area contributed by atoms with Crippen LogP contribution < -0.4 is 0 Å². The van der Waals surface area contributed by atoms with Crippen molar-refractivity contribution in [2.45, 2.75) is 0 Å². The molecule has 86 valence electrons. The van der Waals surface area contributed by atoms with Gasteiger partial charge in [0.05, 0.1) is 18.4 Å². The average molecular weight is 240 g/mol. The van der Waals surface area contributed by atoms with Crippen molar-refractivity contribution in [2.75, 3.05) is 12.9 Å². The Morgan fingerprint density at radius 2 is 2.06 bits per heavy atom. The summed E-state index contributed by atoms with van der Waals surface area (Å²) in [6.07, 6.45) is 1.54. The lowest BCUT2D eigenvalue weighted by Gasteiger charge is -2.02. The monoisotopic (exact) mass is 240 g/mol. The first kappa shape index (κ1) is 12.6. The van der Waals surface area contributed by atoms with Gasteiger partial charge in [-0.25, -0.2) is 9.00 Å². The predicted octanol–water partition coefficient (Wildman–Crippen LogP) is 1.46. The summed E-state index contributed by atoms with van der Waals surface area (Å²) in [5.41, 5.74) is 0.961. The minimum absolute atomic E-state index is 0.175. The Hall–Kier alpha value is -1.46. The molecule has 5 heteroatoms. The van der Waals surface area contributed by atoms with Gasteiger partial charge in [0.15, 0.2) is 11.1 Å². The minimum Gasteiger partial charge on any atom is -0.466 e. The van der Waals surface area contributed by atoms with Gasteiger partial charge in [-0.1, -0.05) is 30.3 Å². The van der Waals surface area contributed by atoms with E-state index in [9.17, 15) is 9.00 Å². The number of benzene rings is 1. The highest BCUT2D eigenvalue weighted by atomic mass is 32.2. The van der Waals surface area contributed by atoms with E-state index in [1.807, 2.05) is 18.2 Å². The summed E-state index contributed by atoms with van der Waals surface area (Å²) >= 11 is -2.06. The van der Waals surface area contributed by atoms with Crippen LogP contribution in [0.25, 0.3) is 6.08 Å². The first-order chi connectivity index (χ1) is 7.63. The maximum Gasteiger partial charge on any atom is 0.334 e. The highest BCUT2D eigenvalue weighted by Crippen LogP contribution is 2.08. The van der Waals surface area contributed by atoms with E-state index in [1.54, 1.807) is 18.2 Å². The van der Waals surface area contributed by atoms with Gasteiger partial charge in [-0.2, -0.15) is 0 Å². The molecular weight excluding hydrogens is 228 g/mol. The fourth-order valence-electron chi connectivity index (χ4n) is 1.17. The number of methoxy groups -OCH3 is 1. The van der Waals surface area contributed by atoms with Gasteiger partial charge in [0.25, 0.3) is 0 Å². The minimum atomic E-state index is -2.06. The molecule has 0 aliphatic rings. The van der Waals surface area contributed by atoms with Crippen molar-refractivity contribution >= 4 is 23.1 Å². The molecule has 16 heavy (non-hydrogen) atoms. The third-order valence-electron chi connectivity index (χ3n) is 1.87. The Balaban J connectivity index is 2.96. The molecule has 1 atom stereocenters. The summed E-state index contributed by atoms with van der Waals surface area (Å²) in [6, 6.07) is 9.07. The summed E-state index contributed by atoms with van der Waals surface area (Å²) < 4.78 is 24.0. The quantitative estimate of drug-likeness (QED) is 0.491. The molecule has 1 aromatic carbocycles. The smallest absolute Gasteiger partial charge is 0.334 e. The molecule has 1 N–H and O–H groups in total. The highest BCUT2D eigenvalue weighted by Gasteiger charge is 2.12. The lowest BCUT2D eigenvalue weighted by molar-refractivity contribution is -0.135. The van der Waals surface area contributed by atoms with Gasteiger partial charge >= 0.3 is 5.97 Å². The second-order valence-electron chi connectivity index (χ2n) is 3.04. The maximum atomic E-state index is 11.3. The van der Waals surface area contributed by atoms with Crippen molar-refractivity contribution in [1.82, 2.24) is 0 Å². The Kier molecular flexibility index (Phi) is 4.88. The number of ether oxygens (including phenoxy) is 1. The van der Waals surface area contributed by atoms with E-state index in [0.29, 0.717) is 0 Å². The molecule has 0 aliphatic carbocycles. The Bertz CT molecular complexity index is 411. The third kappa shape index (κ3) is 3.96. The molecule has 0 saturated carbocycles. The number of carbonyl (C=O) groups is 1. The van der Waals surface area contributed by atoms with Gasteiger partial charge < -0.3 is 9.29 Å². The van der Waals surface area contributed by atoms with Gasteiger partial charge in [-0.05, 0) is 11.6 Å². The van der Waals surface area contributed by atoms with Gasteiger partial charge in [0.1, 0.15) is 0 Å². The van der Waals surface area contributed by atoms with Crippen LogP contribution >= 0.6 is 0 Å². The highest BCUT2D eigenvalue weighted by molar-refractivity contribution is 7.79. The molecule has 0 saturated heterocycles. The van der Waals surface area contributed by atoms with Crippen molar-refractivity contribution in [3.63, 3.8) is 0 Å². The first-order valence-corrected chi connectivity index (χ1v) is 5.82. The lowest BCUT2D eigenvalue weighted by atomic mass is 10.1. The molecule has 0 aromatic heterocycles. The van der Waals surface area contributed by atoms with Crippen LogP contribution in [0.2, 0.25) is 0 Å². The van der Waals surface area contributed by atoms with Gasteiger partial charge in [-0.3, -0.25) is 0 Å². The summed E-state index contributed by atoms with van der Waals surface area (Å²) in [4.78, 5) is 11.3. The number of esters is 1. The van der Waals surface area contributed by atoms with Crippen molar-refractivity contribution in [3.05, 3.63) is 41.5 Å². The normalized spacial score (nSPS) is 13.2. The molecule has 4 nitrogen and oxygen atoms in total. The van der Waals surface area contributed by atoms with Crippen LogP contribution in [-0.2, 0) is 20.6 Å². The molecular formula is C11H12O4S. The van der Waals surface area contributed by atoms with Crippen molar-refractivity contribution < 1.29 is 18.3 Å². The van der Waals surface area contributed by atoms with Gasteiger partial charge in [0, 0.05) is 0 Å². The van der Waals surface area contributed by atoms with E-state index < -0.39 is 17.0 Å². The van der Waals surface area contributed by atoms with Crippen molar-refractivity contribution in [1.29, 1.82) is 0 Å². The first-order valence-electron chi connectivity index (χ1n) is 4.55. The van der Waals surface area contributed by atoms with E-state index in [1.165, 1.54) is 7.11 Å². The summed E-state index contributed by atoms with van der Waals surface area (Å²) in [5.74, 6) is -0.826. The van der Waals surface area contributed by atoms with E-state index in [4.69, 9.17) is 4.55 Å². The summed E-state index contributed by atoms with van der Waals surface area (Å²) in [5, 5.41) is 0. The van der Waals surface area contributed by atoms with Crippen molar-refractivity contribution in [3.8, 4) is 0 Å². The van der Waals surface area contributed by atoms with E-state index in [-0.39, 0.29) is 11.3 Å². The molecule has 0 bridgehead atoms. The average Bonchev–Trinajstić information content (AvgIpc) is 2.28. The zero-order valence-electron chi connectivity index (χ0n) is 8.75. The van der Waals surface area contributed by atoms with Gasteiger partial charge in [0.2, 0.25) is 0 Å². The fraction of sp³-hybridized carbons (Fsp3) is 0.182. The third-order valence-corrected chi connectivity index (χ3v) is 2.42. The van der Waals surface area contributed by atoms with Crippen LogP contribution in [0.1, 0.15) is 5.56 Å². The molecule has 0 amide bonds. The second-order valence-corrected chi connectivity index (χ2v) is 3.97. The number of hydrogen-bond donors (Lipinski definition) is 1. The summed E-state index contributed by atoms with van der Waals surface area (Å²) in [6.45, 7) is 0. The summed E-state index contributed by atoms with van der Waals surface area (Å²) in [7, 11) is 1.24. The molecule has 1 aromatic rings. The number of hydrogen-bond acceptors (Lipinski definition) is 3. The molecule has 1 rings (SSSR count). The van der Waals surface area contributed by atoms with E-state index in [2.05, 4.69) is 4.74 Å². The Labute approximate surface area is 96.2 Å². The van der Waals surface area contributed by atoms with E-state index in [0.717, 1.165) is 5.56 Å². The fourth-order valence-corrected chi connectivity index (χ4v) is 1.64. The zero-order chi connectivity index (χ0) is 12.0.